The van der Waals surface area contributed by atoms with Gasteiger partial charge in [0.25, 0.3) is 0 Å². The highest BCUT2D eigenvalue weighted by Gasteiger charge is 2.10. The van der Waals surface area contributed by atoms with Crippen LogP contribution < -0.4 is 10.5 Å². The molecule has 0 radical (unpaired) electrons. The maximum Gasteiger partial charge on any atom is 0.119 e. The van der Waals surface area contributed by atoms with E-state index in [1.165, 1.54) is 5.56 Å². The Bertz CT molecular complexity index is 297. The lowest BCUT2D eigenvalue weighted by Crippen LogP contribution is -2.28. The highest BCUT2D eigenvalue weighted by molar-refractivity contribution is 5.28. The third kappa shape index (κ3) is 3.51. The number of likely N-dealkylation sites (N-methyl/N-ethyl adjacent to an activating group) is 1. The molecular formula is C13H22N2O. The zero-order valence-electron chi connectivity index (χ0n) is 10.4. The zero-order valence-corrected chi connectivity index (χ0v) is 10.4. The molecular weight excluding hydrogens is 200 g/mol. The number of hydrogen-bond acceptors (Lipinski definition) is 3. The molecule has 0 saturated heterocycles. The van der Waals surface area contributed by atoms with Crippen LogP contribution in [-0.2, 0) is 0 Å². The number of ether oxygens (including phenoxy) is 1. The van der Waals surface area contributed by atoms with Crippen molar-refractivity contribution >= 4 is 0 Å². The van der Waals surface area contributed by atoms with Crippen molar-refractivity contribution in [2.75, 3.05) is 26.7 Å². The Kier molecular flexibility index (Phi) is 5.29. The average Bonchev–Trinajstić information content (AvgIpc) is 2.30. The molecule has 16 heavy (non-hydrogen) atoms. The van der Waals surface area contributed by atoms with Crippen LogP contribution in [0.15, 0.2) is 24.3 Å². The Morgan fingerprint density at radius 3 is 2.44 bits per heavy atom. The molecule has 1 aromatic carbocycles. The molecule has 0 saturated carbocycles. The molecule has 0 fully saturated rings. The predicted molar refractivity (Wildman–Crippen MR) is 67.7 cm³/mol. The molecule has 0 spiro atoms. The minimum atomic E-state index is 0.388. The van der Waals surface area contributed by atoms with Crippen LogP contribution in [0.5, 0.6) is 5.75 Å². The lowest BCUT2D eigenvalue weighted by Gasteiger charge is -2.24. The fraction of sp³-hybridized carbons (Fsp3) is 0.538. The molecule has 3 nitrogen and oxygen atoms in total. The van der Waals surface area contributed by atoms with Gasteiger partial charge in [-0.3, -0.25) is 4.90 Å². The number of nitrogens with zero attached hydrogens (tertiary/aromatic N) is 1. The van der Waals surface area contributed by atoms with E-state index in [1.54, 1.807) is 0 Å². The van der Waals surface area contributed by atoms with Crippen LogP contribution >= 0.6 is 0 Å². The van der Waals surface area contributed by atoms with Crippen molar-refractivity contribution in [1.82, 2.24) is 4.90 Å². The maximum atomic E-state index is 5.55. The van der Waals surface area contributed by atoms with Gasteiger partial charge in [-0.15, -0.1) is 0 Å². The molecule has 2 N–H and O–H groups in total. The molecule has 0 aliphatic heterocycles. The largest absolute Gasteiger partial charge is 0.494 e. The normalized spacial score (nSPS) is 12.8. The van der Waals surface area contributed by atoms with E-state index in [1.807, 2.05) is 19.1 Å². The van der Waals surface area contributed by atoms with Gasteiger partial charge < -0.3 is 10.5 Å². The summed E-state index contributed by atoms with van der Waals surface area (Å²) >= 11 is 0. The quantitative estimate of drug-likeness (QED) is 0.800. The monoisotopic (exact) mass is 222 g/mol. The highest BCUT2D eigenvalue weighted by atomic mass is 16.5. The van der Waals surface area contributed by atoms with Gasteiger partial charge in [-0.1, -0.05) is 12.1 Å². The van der Waals surface area contributed by atoms with E-state index in [-0.39, 0.29) is 0 Å². The van der Waals surface area contributed by atoms with E-state index in [2.05, 4.69) is 31.0 Å². The van der Waals surface area contributed by atoms with Crippen molar-refractivity contribution in [3.63, 3.8) is 0 Å². The van der Waals surface area contributed by atoms with Crippen molar-refractivity contribution in [1.29, 1.82) is 0 Å². The van der Waals surface area contributed by atoms with E-state index in [4.69, 9.17) is 10.5 Å². The lowest BCUT2D eigenvalue weighted by molar-refractivity contribution is 0.268. The Hall–Kier alpha value is -1.06. The SMILES string of the molecule is CCOc1ccc(C(C)N(C)CCN)cc1. The molecule has 0 aromatic heterocycles. The first-order valence-corrected chi connectivity index (χ1v) is 5.82. The summed E-state index contributed by atoms with van der Waals surface area (Å²) in [5, 5.41) is 0. The zero-order chi connectivity index (χ0) is 12.0. The molecule has 1 atom stereocenters. The lowest BCUT2D eigenvalue weighted by atomic mass is 10.1. The third-order valence-corrected chi connectivity index (χ3v) is 2.82. The Labute approximate surface area is 98.2 Å². The van der Waals surface area contributed by atoms with Gasteiger partial charge in [0, 0.05) is 19.1 Å². The maximum absolute atomic E-state index is 5.55. The fourth-order valence-corrected chi connectivity index (χ4v) is 1.66. The number of rotatable bonds is 6. The number of benzene rings is 1. The van der Waals surface area contributed by atoms with E-state index < -0.39 is 0 Å². The first-order chi connectivity index (χ1) is 7.69. The first-order valence-electron chi connectivity index (χ1n) is 5.82. The van der Waals surface area contributed by atoms with Crippen LogP contribution in [0.1, 0.15) is 25.5 Å². The molecule has 3 heteroatoms. The Balaban J connectivity index is 2.65. The summed E-state index contributed by atoms with van der Waals surface area (Å²) in [6.07, 6.45) is 0. The topological polar surface area (TPSA) is 38.5 Å². The second kappa shape index (κ2) is 6.51. The van der Waals surface area contributed by atoms with Crippen LogP contribution in [0, 0.1) is 0 Å². The van der Waals surface area contributed by atoms with Crippen LogP contribution in [0.25, 0.3) is 0 Å². The highest BCUT2D eigenvalue weighted by Crippen LogP contribution is 2.21. The molecule has 1 rings (SSSR count). The molecule has 0 bridgehead atoms. The van der Waals surface area contributed by atoms with E-state index in [9.17, 15) is 0 Å². The van der Waals surface area contributed by atoms with Crippen molar-refractivity contribution < 1.29 is 4.74 Å². The van der Waals surface area contributed by atoms with Gasteiger partial charge in [0.05, 0.1) is 6.61 Å². The van der Waals surface area contributed by atoms with Crippen molar-refractivity contribution in [3.8, 4) is 5.75 Å². The summed E-state index contributed by atoms with van der Waals surface area (Å²) in [4.78, 5) is 2.25. The first kappa shape index (κ1) is 13.0. The average molecular weight is 222 g/mol. The van der Waals surface area contributed by atoms with Gasteiger partial charge in [0.15, 0.2) is 0 Å². The summed E-state index contributed by atoms with van der Waals surface area (Å²) < 4.78 is 5.41. The smallest absolute Gasteiger partial charge is 0.119 e. The van der Waals surface area contributed by atoms with Crippen LogP contribution in [-0.4, -0.2) is 31.6 Å². The molecule has 0 aliphatic rings. The van der Waals surface area contributed by atoms with Crippen molar-refractivity contribution in [2.45, 2.75) is 19.9 Å². The van der Waals surface area contributed by atoms with Gasteiger partial charge in [0.2, 0.25) is 0 Å². The summed E-state index contributed by atoms with van der Waals surface area (Å²) in [5.74, 6) is 0.930. The predicted octanol–water partition coefficient (Wildman–Crippen LogP) is 2.04. The van der Waals surface area contributed by atoms with E-state index in [0.717, 1.165) is 12.3 Å². The second-order valence-electron chi connectivity index (χ2n) is 3.95. The molecule has 0 heterocycles. The molecule has 0 aliphatic carbocycles. The molecule has 90 valence electrons. The van der Waals surface area contributed by atoms with Gasteiger partial charge in [-0.2, -0.15) is 0 Å². The summed E-state index contributed by atoms with van der Waals surface area (Å²) in [6, 6.07) is 8.65. The van der Waals surface area contributed by atoms with Crippen LogP contribution in [0.4, 0.5) is 0 Å². The van der Waals surface area contributed by atoms with Gasteiger partial charge in [-0.25, -0.2) is 0 Å². The number of nitrogens with two attached hydrogens (primary N) is 1. The van der Waals surface area contributed by atoms with Crippen molar-refractivity contribution in [3.05, 3.63) is 29.8 Å². The van der Waals surface area contributed by atoms with Gasteiger partial charge in [0.1, 0.15) is 5.75 Å². The summed E-state index contributed by atoms with van der Waals surface area (Å²) in [5.41, 5.74) is 6.84. The van der Waals surface area contributed by atoms with Crippen LogP contribution in [0.2, 0.25) is 0 Å². The second-order valence-corrected chi connectivity index (χ2v) is 3.95. The third-order valence-electron chi connectivity index (χ3n) is 2.82. The standard InChI is InChI=1S/C13H22N2O/c1-4-16-13-7-5-12(6-8-13)11(2)15(3)10-9-14/h5-8,11H,4,9-10,14H2,1-3H3. The fourth-order valence-electron chi connectivity index (χ4n) is 1.66. The molecule has 1 unspecified atom stereocenters. The van der Waals surface area contributed by atoms with Crippen LogP contribution in [0.3, 0.4) is 0 Å². The molecule has 0 amide bonds. The minimum Gasteiger partial charge on any atom is -0.494 e. The van der Waals surface area contributed by atoms with E-state index in [0.29, 0.717) is 19.2 Å². The Morgan fingerprint density at radius 2 is 1.94 bits per heavy atom. The van der Waals surface area contributed by atoms with Gasteiger partial charge in [-0.05, 0) is 38.6 Å². The minimum absolute atomic E-state index is 0.388. The summed E-state index contributed by atoms with van der Waals surface area (Å²) in [7, 11) is 2.09. The van der Waals surface area contributed by atoms with Crippen molar-refractivity contribution in [2.24, 2.45) is 5.73 Å². The van der Waals surface area contributed by atoms with Gasteiger partial charge >= 0.3 is 0 Å². The number of hydrogen-bond donors (Lipinski definition) is 1. The Morgan fingerprint density at radius 1 is 1.31 bits per heavy atom. The molecule has 1 aromatic rings. The van der Waals surface area contributed by atoms with E-state index >= 15 is 0 Å². The summed E-state index contributed by atoms with van der Waals surface area (Å²) in [6.45, 7) is 6.49.